The average molecular weight is 404 g/mol. The zero-order valence-corrected chi connectivity index (χ0v) is 17.1. The molecule has 6 nitrogen and oxygen atoms in total. The molecule has 0 aliphatic rings. The molecule has 0 amide bonds. The number of aromatic nitrogens is 1. The van der Waals surface area contributed by atoms with Gasteiger partial charge in [-0.25, -0.2) is 4.79 Å². The smallest absolute Gasteiger partial charge is 0.336 e. The summed E-state index contributed by atoms with van der Waals surface area (Å²) in [5.74, 6) is 0.142. The van der Waals surface area contributed by atoms with Gasteiger partial charge in [-0.05, 0) is 38.5 Å². The maximum absolute atomic E-state index is 12.7. The van der Waals surface area contributed by atoms with Crippen molar-refractivity contribution in [2.24, 2.45) is 0 Å². The number of fused-ring (bicyclic) bond motifs is 1. The first-order valence-electron chi connectivity index (χ1n) is 8.87. The molecule has 0 saturated heterocycles. The highest BCUT2D eigenvalue weighted by atomic mass is 35.5. The molecule has 0 saturated carbocycles. The fraction of sp³-hybridized carbons (Fsp3) is 0.333. The molecule has 0 fully saturated rings. The molecule has 0 spiro atoms. The summed E-state index contributed by atoms with van der Waals surface area (Å²) < 4.78 is 18.0. The fourth-order valence-corrected chi connectivity index (χ4v) is 3.48. The lowest BCUT2D eigenvalue weighted by molar-refractivity contribution is 0.0920. The highest BCUT2D eigenvalue weighted by Gasteiger charge is 2.17. The highest BCUT2D eigenvalue weighted by molar-refractivity contribution is 6.32. The first-order chi connectivity index (χ1) is 13.3. The van der Waals surface area contributed by atoms with Gasteiger partial charge in [0.25, 0.3) is 0 Å². The molecule has 0 N–H and O–H groups in total. The number of nitrogens with zero attached hydrogens (tertiary/aromatic N) is 1. The van der Waals surface area contributed by atoms with Crippen LogP contribution >= 0.6 is 11.6 Å². The van der Waals surface area contributed by atoms with Crippen molar-refractivity contribution in [3.05, 3.63) is 62.2 Å². The van der Waals surface area contributed by atoms with E-state index in [0.717, 1.165) is 22.3 Å². The Morgan fingerprint density at radius 1 is 1.18 bits per heavy atom. The van der Waals surface area contributed by atoms with Crippen molar-refractivity contribution in [1.29, 1.82) is 0 Å². The number of ketones is 1. The zero-order valence-electron chi connectivity index (χ0n) is 16.3. The molecule has 0 aliphatic carbocycles. The van der Waals surface area contributed by atoms with Crippen LogP contribution in [0.15, 0.2) is 33.5 Å². The number of benzene rings is 1. The Bertz CT molecular complexity index is 1100. The largest absolute Gasteiger partial charge is 0.484 e. The van der Waals surface area contributed by atoms with Gasteiger partial charge in [0.05, 0.1) is 11.6 Å². The normalized spacial score (nSPS) is 11.2. The second-order valence-corrected chi connectivity index (χ2v) is 7.08. The molecule has 0 atom stereocenters. The van der Waals surface area contributed by atoms with Crippen LogP contribution in [0.5, 0.6) is 5.75 Å². The minimum absolute atomic E-state index is 0.154. The molecule has 2 aromatic heterocycles. The zero-order chi connectivity index (χ0) is 20.4. The van der Waals surface area contributed by atoms with E-state index in [1.54, 1.807) is 26.2 Å². The number of carbonyl (C=O) groups excluding carboxylic acids is 1. The molecule has 7 heteroatoms. The standard InChI is InChI=1S/C21H22ClNO5/c1-12-7-21(25)28-19-10-20(17(22)9-15(12)19)27-11-18(24)16-8-13(2)23(14(16)3)5-6-26-4/h7-10H,5-6,11H2,1-4H3. The molecule has 0 unspecified atom stereocenters. The summed E-state index contributed by atoms with van der Waals surface area (Å²) >= 11 is 6.29. The molecule has 0 aliphatic heterocycles. The van der Waals surface area contributed by atoms with Crippen LogP contribution in [0.4, 0.5) is 0 Å². The molecular weight excluding hydrogens is 382 g/mol. The van der Waals surface area contributed by atoms with Gasteiger partial charge >= 0.3 is 5.63 Å². The molecule has 148 valence electrons. The quantitative estimate of drug-likeness (QED) is 0.439. The lowest BCUT2D eigenvalue weighted by atomic mass is 10.1. The first-order valence-corrected chi connectivity index (χ1v) is 9.25. The molecule has 0 bridgehead atoms. The summed E-state index contributed by atoms with van der Waals surface area (Å²) in [5, 5.41) is 1.08. The van der Waals surface area contributed by atoms with Gasteiger partial charge in [-0.2, -0.15) is 0 Å². The van der Waals surface area contributed by atoms with Crippen LogP contribution in [-0.2, 0) is 11.3 Å². The molecule has 3 aromatic rings. The van der Waals surface area contributed by atoms with Crippen LogP contribution in [0.1, 0.15) is 27.3 Å². The third kappa shape index (κ3) is 3.98. The summed E-state index contributed by atoms with van der Waals surface area (Å²) in [6, 6.07) is 6.47. The van der Waals surface area contributed by atoms with Crippen molar-refractivity contribution in [3.8, 4) is 5.75 Å². The van der Waals surface area contributed by atoms with Crippen LogP contribution in [0, 0.1) is 20.8 Å². The van der Waals surface area contributed by atoms with Crippen LogP contribution < -0.4 is 10.4 Å². The van der Waals surface area contributed by atoms with Gasteiger partial charge in [0.15, 0.2) is 6.61 Å². The van der Waals surface area contributed by atoms with Gasteiger partial charge in [-0.15, -0.1) is 0 Å². The van der Waals surface area contributed by atoms with Crippen molar-refractivity contribution in [2.45, 2.75) is 27.3 Å². The van der Waals surface area contributed by atoms with E-state index in [0.29, 0.717) is 35.1 Å². The van der Waals surface area contributed by atoms with E-state index in [-0.39, 0.29) is 12.4 Å². The van der Waals surface area contributed by atoms with Gasteiger partial charge < -0.3 is 18.5 Å². The van der Waals surface area contributed by atoms with E-state index in [9.17, 15) is 9.59 Å². The van der Waals surface area contributed by atoms with E-state index in [2.05, 4.69) is 0 Å². The van der Waals surface area contributed by atoms with Gasteiger partial charge in [0.2, 0.25) is 5.78 Å². The third-order valence-electron chi connectivity index (χ3n) is 4.76. The number of ether oxygens (including phenoxy) is 2. The van der Waals surface area contributed by atoms with Crippen molar-refractivity contribution in [3.63, 3.8) is 0 Å². The second-order valence-electron chi connectivity index (χ2n) is 6.67. The van der Waals surface area contributed by atoms with Gasteiger partial charge in [0.1, 0.15) is 11.3 Å². The number of hydrogen-bond donors (Lipinski definition) is 0. The maximum Gasteiger partial charge on any atom is 0.336 e. The molecule has 28 heavy (non-hydrogen) atoms. The Morgan fingerprint density at radius 2 is 1.93 bits per heavy atom. The lowest BCUT2D eigenvalue weighted by Gasteiger charge is -2.10. The monoisotopic (exact) mass is 403 g/mol. The topological polar surface area (TPSA) is 70.7 Å². The Labute approximate surface area is 167 Å². The van der Waals surface area contributed by atoms with Gasteiger partial charge in [-0.3, -0.25) is 4.79 Å². The van der Waals surface area contributed by atoms with Crippen LogP contribution in [-0.4, -0.2) is 30.7 Å². The minimum Gasteiger partial charge on any atom is -0.484 e. The van der Waals surface area contributed by atoms with E-state index in [1.165, 1.54) is 6.07 Å². The number of aryl methyl sites for hydroxylation is 2. The maximum atomic E-state index is 12.7. The summed E-state index contributed by atoms with van der Waals surface area (Å²) in [7, 11) is 1.64. The SMILES string of the molecule is COCCn1c(C)cc(C(=O)COc2cc3oc(=O)cc(C)c3cc2Cl)c1C. The summed E-state index contributed by atoms with van der Waals surface area (Å²) in [5.41, 5.74) is 3.15. The Kier molecular flexibility index (Phi) is 5.91. The number of Topliss-reactive ketones (excluding diaryl/α,β-unsaturated/α-hetero) is 1. The average Bonchev–Trinajstić information content (AvgIpc) is 2.92. The summed E-state index contributed by atoms with van der Waals surface area (Å²) in [4.78, 5) is 24.3. The van der Waals surface area contributed by atoms with E-state index >= 15 is 0 Å². The minimum atomic E-state index is -0.446. The molecule has 1 aromatic carbocycles. The number of halogens is 1. The number of methoxy groups -OCH3 is 1. The van der Waals surface area contributed by atoms with Crippen molar-refractivity contribution in [1.82, 2.24) is 4.57 Å². The Balaban J connectivity index is 1.81. The van der Waals surface area contributed by atoms with E-state index in [4.69, 9.17) is 25.5 Å². The number of carbonyl (C=O) groups is 1. The van der Waals surface area contributed by atoms with Crippen molar-refractivity contribution >= 4 is 28.4 Å². The molecular formula is C21H22ClNO5. The molecule has 3 rings (SSSR count). The van der Waals surface area contributed by atoms with E-state index < -0.39 is 5.63 Å². The lowest BCUT2D eigenvalue weighted by Crippen LogP contribution is -2.14. The van der Waals surface area contributed by atoms with Crippen LogP contribution in [0.3, 0.4) is 0 Å². The Hall–Kier alpha value is -2.57. The van der Waals surface area contributed by atoms with Crippen molar-refractivity contribution in [2.75, 3.05) is 20.3 Å². The Morgan fingerprint density at radius 3 is 2.64 bits per heavy atom. The van der Waals surface area contributed by atoms with Crippen LogP contribution in [0.2, 0.25) is 5.02 Å². The first kappa shape index (κ1) is 20.2. The van der Waals surface area contributed by atoms with Gasteiger partial charge in [0, 0.05) is 48.1 Å². The highest BCUT2D eigenvalue weighted by Crippen LogP contribution is 2.31. The number of rotatable bonds is 7. The molecule has 0 radical (unpaired) electrons. The molecule has 2 heterocycles. The second kappa shape index (κ2) is 8.20. The van der Waals surface area contributed by atoms with Crippen molar-refractivity contribution < 1.29 is 18.7 Å². The summed E-state index contributed by atoms with van der Waals surface area (Å²) in [6.45, 7) is 6.73. The van der Waals surface area contributed by atoms with Crippen LogP contribution in [0.25, 0.3) is 11.0 Å². The predicted octanol–water partition coefficient (Wildman–Crippen LogP) is 4.08. The predicted molar refractivity (Wildman–Crippen MR) is 108 cm³/mol. The third-order valence-corrected chi connectivity index (χ3v) is 5.05. The summed E-state index contributed by atoms with van der Waals surface area (Å²) in [6.07, 6.45) is 0. The number of hydrogen-bond acceptors (Lipinski definition) is 5. The van der Waals surface area contributed by atoms with E-state index in [1.807, 2.05) is 24.5 Å². The van der Waals surface area contributed by atoms with Gasteiger partial charge in [-0.1, -0.05) is 11.6 Å². The fourth-order valence-electron chi connectivity index (χ4n) is 3.26.